The van der Waals surface area contributed by atoms with Gasteiger partial charge >= 0.3 is 0 Å². The molecule has 0 aliphatic carbocycles. The zero-order valence-corrected chi connectivity index (χ0v) is 15.2. The molecule has 0 atom stereocenters. The summed E-state index contributed by atoms with van der Waals surface area (Å²) in [6, 6.07) is 11.1. The van der Waals surface area contributed by atoms with Crippen molar-refractivity contribution in [2.45, 2.75) is 6.42 Å². The first-order chi connectivity index (χ1) is 12.7. The van der Waals surface area contributed by atoms with E-state index in [9.17, 15) is 9.59 Å². The molecule has 0 saturated carbocycles. The summed E-state index contributed by atoms with van der Waals surface area (Å²) < 4.78 is 0. The number of hydrogen-bond acceptors (Lipinski definition) is 4. The summed E-state index contributed by atoms with van der Waals surface area (Å²) in [7, 11) is 0. The average molecular weight is 373 g/mol. The van der Waals surface area contributed by atoms with Crippen molar-refractivity contribution in [2.75, 3.05) is 37.6 Å². The molecule has 0 bridgehead atoms. The first-order valence-corrected chi connectivity index (χ1v) is 8.96. The smallest absolute Gasteiger partial charge is 0.251 e. The van der Waals surface area contributed by atoms with Gasteiger partial charge in [0, 0.05) is 49.5 Å². The number of piperazine rings is 1. The van der Waals surface area contributed by atoms with Gasteiger partial charge in [0.2, 0.25) is 6.41 Å². The van der Waals surface area contributed by atoms with Gasteiger partial charge in [-0.1, -0.05) is 23.7 Å². The van der Waals surface area contributed by atoms with Crippen LogP contribution in [0.25, 0.3) is 0 Å². The number of anilines is 1. The molecule has 1 fully saturated rings. The fraction of sp³-hybridized carbons (Fsp3) is 0.316. The second-order valence-corrected chi connectivity index (χ2v) is 6.60. The van der Waals surface area contributed by atoms with Crippen LogP contribution in [0.5, 0.6) is 0 Å². The molecule has 0 radical (unpaired) electrons. The lowest BCUT2D eigenvalue weighted by Crippen LogP contribution is -2.46. The zero-order valence-electron chi connectivity index (χ0n) is 14.4. The Balaban J connectivity index is 1.54. The molecule has 1 saturated heterocycles. The van der Waals surface area contributed by atoms with Crippen LogP contribution in [-0.2, 0) is 11.2 Å². The zero-order chi connectivity index (χ0) is 18.4. The quantitative estimate of drug-likeness (QED) is 0.787. The summed E-state index contributed by atoms with van der Waals surface area (Å²) in [6.45, 7) is 3.32. The van der Waals surface area contributed by atoms with Crippen LogP contribution in [0, 0.1) is 0 Å². The Hall–Kier alpha value is -2.60. The van der Waals surface area contributed by atoms with Gasteiger partial charge in [-0.3, -0.25) is 9.59 Å². The highest BCUT2D eigenvalue weighted by atomic mass is 35.5. The minimum Gasteiger partial charge on any atom is -0.353 e. The van der Waals surface area contributed by atoms with Crippen LogP contribution in [0.15, 0.2) is 42.6 Å². The van der Waals surface area contributed by atoms with Crippen LogP contribution in [0.2, 0.25) is 5.02 Å². The molecule has 1 aliphatic rings. The van der Waals surface area contributed by atoms with Gasteiger partial charge in [-0.05, 0) is 36.2 Å². The van der Waals surface area contributed by atoms with Gasteiger partial charge in [0.05, 0.1) is 0 Å². The first-order valence-electron chi connectivity index (χ1n) is 8.59. The van der Waals surface area contributed by atoms with Crippen LogP contribution < -0.4 is 10.2 Å². The number of aromatic nitrogens is 1. The van der Waals surface area contributed by atoms with E-state index < -0.39 is 0 Å². The van der Waals surface area contributed by atoms with Gasteiger partial charge in [-0.25, -0.2) is 4.98 Å². The van der Waals surface area contributed by atoms with Crippen molar-refractivity contribution < 1.29 is 9.59 Å². The number of halogens is 1. The van der Waals surface area contributed by atoms with Crippen molar-refractivity contribution in [3.8, 4) is 0 Å². The Kier molecular flexibility index (Phi) is 6.07. The van der Waals surface area contributed by atoms with Gasteiger partial charge in [-0.2, -0.15) is 0 Å². The van der Waals surface area contributed by atoms with E-state index >= 15 is 0 Å². The highest BCUT2D eigenvalue weighted by molar-refractivity contribution is 6.30. The maximum absolute atomic E-state index is 12.4. The minimum absolute atomic E-state index is 0.117. The molecule has 0 unspecified atom stereocenters. The van der Waals surface area contributed by atoms with E-state index in [1.54, 1.807) is 23.2 Å². The number of nitrogens with one attached hydrogen (secondary N) is 1. The Morgan fingerprint density at radius 2 is 1.88 bits per heavy atom. The molecule has 136 valence electrons. The van der Waals surface area contributed by atoms with Gasteiger partial charge in [0.1, 0.15) is 5.82 Å². The lowest BCUT2D eigenvalue weighted by molar-refractivity contribution is -0.118. The third kappa shape index (κ3) is 4.73. The van der Waals surface area contributed by atoms with E-state index in [2.05, 4.69) is 15.2 Å². The summed E-state index contributed by atoms with van der Waals surface area (Å²) in [6.07, 6.45) is 3.26. The largest absolute Gasteiger partial charge is 0.353 e. The predicted molar refractivity (Wildman–Crippen MR) is 102 cm³/mol. The molecule has 2 amide bonds. The summed E-state index contributed by atoms with van der Waals surface area (Å²) in [4.78, 5) is 31.4. The topological polar surface area (TPSA) is 65.5 Å². The van der Waals surface area contributed by atoms with Crippen LogP contribution in [0.1, 0.15) is 15.9 Å². The van der Waals surface area contributed by atoms with E-state index in [0.717, 1.165) is 24.2 Å². The van der Waals surface area contributed by atoms with E-state index in [1.807, 2.05) is 24.3 Å². The van der Waals surface area contributed by atoms with Crippen LogP contribution in [0.3, 0.4) is 0 Å². The molecule has 1 N–H and O–H groups in total. The first kappa shape index (κ1) is 18.2. The van der Waals surface area contributed by atoms with Crippen LogP contribution >= 0.6 is 11.6 Å². The molecule has 26 heavy (non-hydrogen) atoms. The number of carbonyl (C=O) groups excluding carboxylic acids is 2. The molecule has 1 aliphatic heterocycles. The molecular weight excluding hydrogens is 352 g/mol. The second-order valence-electron chi connectivity index (χ2n) is 6.16. The molecule has 2 heterocycles. The van der Waals surface area contributed by atoms with Crippen molar-refractivity contribution in [1.29, 1.82) is 0 Å². The SMILES string of the molecule is O=CN1CCN(c2cc(C(=O)NCCc3ccc(Cl)cc3)ccn2)CC1. The predicted octanol–water partition coefficient (Wildman–Crippen LogP) is 1.99. The lowest BCUT2D eigenvalue weighted by Gasteiger charge is -2.33. The van der Waals surface area contributed by atoms with Crippen molar-refractivity contribution >= 4 is 29.7 Å². The van der Waals surface area contributed by atoms with Gasteiger partial charge in [-0.15, -0.1) is 0 Å². The monoisotopic (exact) mass is 372 g/mol. The number of benzene rings is 1. The van der Waals surface area contributed by atoms with Crippen LogP contribution in [-0.4, -0.2) is 54.9 Å². The molecule has 1 aromatic carbocycles. The van der Waals surface area contributed by atoms with Crippen molar-refractivity contribution in [2.24, 2.45) is 0 Å². The van der Waals surface area contributed by atoms with Crippen molar-refractivity contribution in [3.05, 3.63) is 58.7 Å². The Morgan fingerprint density at radius 1 is 1.15 bits per heavy atom. The minimum atomic E-state index is -0.117. The number of hydrogen-bond donors (Lipinski definition) is 1. The maximum Gasteiger partial charge on any atom is 0.251 e. The second kappa shape index (κ2) is 8.67. The molecule has 0 spiro atoms. The van der Waals surface area contributed by atoms with Gasteiger partial charge in [0.15, 0.2) is 0 Å². The average Bonchev–Trinajstić information content (AvgIpc) is 2.69. The summed E-state index contributed by atoms with van der Waals surface area (Å²) in [5.74, 6) is 0.648. The fourth-order valence-corrected chi connectivity index (χ4v) is 2.99. The number of carbonyl (C=O) groups is 2. The summed E-state index contributed by atoms with van der Waals surface area (Å²) >= 11 is 5.87. The molecule has 1 aromatic heterocycles. The normalized spacial score (nSPS) is 14.2. The number of amides is 2. The van der Waals surface area contributed by atoms with Crippen molar-refractivity contribution in [1.82, 2.24) is 15.2 Å². The van der Waals surface area contributed by atoms with Crippen LogP contribution in [0.4, 0.5) is 5.82 Å². The fourth-order valence-electron chi connectivity index (χ4n) is 2.86. The van der Waals surface area contributed by atoms with Gasteiger partial charge < -0.3 is 15.1 Å². The highest BCUT2D eigenvalue weighted by Gasteiger charge is 2.17. The van der Waals surface area contributed by atoms with Crippen molar-refractivity contribution in [3.63, 3.8) is 0 Å². The number of nitrogens with zero attached hydrogens (tertiary/aromatic N) is 3. The Bertz CT molecular complexity index is 758. The molecular formula is C19H21ClN4O2. The number of rotatable bonds is 6. The van der Waals surface area contributed by atoms with E-state index in [4.69, 9.17) is 11.6 Å². The van der Waals surface area contributed by atoms with E-state index in [0.29, 0.717) is 43.3 Å². The van der Waals surface area contributed by atoms with Gasteiger partial charge in [0.25, 0.3) is 5.91 Å². The molecule has 6 nitrogen and oxygen atoms in total. The third-order valence-electron chi connectivity index (χ3n) is 4.41. The Labute approximate surface area is 157 Å². The standard InChI is InChI=1S/C19H21ClN4O2/c20-17-3-1-15(2-4-17)5-7-22-19(26)16-6-8-21-18(13-16)24-11-9-23(14-25)10-12-24/h1-4,6,8,13-14H,5,7,9-12H2,(H,22,26). The molecule has 7 heteroatoms. The molecule has 2 aromatic rings. The molecule has 3 rings (SSSR count). The third-order valence-corrected chi connectivity index (χ3v) is 4.66. The lowest BCUT2D eigenvalue weighted by atomic mass is 10.1. The highest BCUT2D eigenvalue weighted by Crippen LogP contribution is 2.15. The summed E-state index contributed by atoms with van der Waals surface area (Å²) in [5.41, 5.74) is 1.71. The summed E-state index contributed by atoms with van der Waals surface area (Å²) in [5, 5.41) is 3.64. The van der Waals surface area contributed by atoms with E-state index in [-0.39, 0.29) is 5.91 Å². The Morgan fingerprint density at radius 3 is 2.58 bits per heavy atom. The van der Waals surface area contributed by atoms with E-state index in [1.165, 1.54) is 0 Å². The number of pyridine rings is 1. The maximum atomic E-state index is 12.4.